The van der Waals surface area contributed by atoms with Crippen LogP contribution in [0.1, 0.15) is 46.1 Å². The zero-order valence-corrected chi connectivity index (χ0v) is 15.0. The average molecular weight is 362 g/mol. The van der Waals surface area contributed by atoms with Gasteiger partial charge in [-0.3, -0.25) is 14.9 Å². The van der Waals surface area contributed by atoms with Crippen LogP contribution in [-0.4, -0.2) is 39.2 Å². The lowest BCUT2D eigenvalue weighted by Crippen LogP contribution is -2.34. The number of carbonyl (C=O) groups is 1. The molecule has 4 rings (SSSR count). The molecule has 27 heavy (non-hydrogen) atoms. The van der Waals surface area contributed by atoms with Crippen LogP contribution in [0.2, 0.25) is 0 Å². The lowest BCUT2D eigenvalue weighted by Gasteiger charge is -2.32. The summed E-state index contributed by atoms with van der Waals surface area (Å²) in [6.45, 7) is 1.71. The Balaban J connectivity index is 1.44. The molecule has 0 spiro atoms. The molecule has 3 N–H and O–H groups in total. The summed E-state index contributed by atoms with van der Waals surface area (Å²) < 4.78 is 0. The highest BCUT2D eigenvalue weighted by molar-refractivity contribution is 5.90. The maximum Gasteiger partial charge on any atom is 0.268 e. The van der Waals surface area contributed by atoms with Crippen LogP contribution >= 0.6 is 0 Å². The van der Waals surface area contributed by atoms with E-state index < -0.39 is 5.91 Å². The highest BCUT2D eigenvalue weighted by Crippen LogP contribution is 2.31. The molecular weight excluding hydrogens is 340 g/mol. The van der Waals surface area contributed by atoms with Gasteiger partial charge < -0.3 is 10.6 Å². The van der Waals surface area contributed by atoms with Gasteiger partial charge in [0.1, 0.15) is 11.5 Å². The Labute approximate surface area is 157 Å². The summed E-state index contributed by atoms with van der Waals surface area (Å²) in [5, 5.41) is 7.51. The molecule has 1 aromatic carbocycles. The number of anilines is 1. The van der Waals surface area contributed by atoms with Crippen molar-refractivity contribution in [1.29, 1.82) is 0 Å². The topological polar surface area (TPSA) is 101 Å². The first-order valence-corrected chi connectivity index (χ1v) is 9.13. The van der Waals surface area contributed by atoms with E-state index in [9.17, 15) is 4.79 Å². The van der Waals surface area contributed by atoms with Crippen molar-refractivity contribution in [3.63, 3.8) is 0 Å². The van der Waals surface area contributed by atoms with Crippen LogP contribution < -0.4 is 10.6 Å². The molecule has 1 amide bonds. The molecular formula is C20H22N6O. The van der Waals surface area contributed by atoms with Crippen molar-refractivity contribution < 1.29 is 4.79 Å². The second-order valence-corrected chi connectivity index (χ2v) is 6.86. The Morgan fingerprint density at radius 3 is 2.67 bits per heavy atom. The Hall–Kier alpha value is -3.22. The van der Waals surface area contributed by atoms with Crippen molar-refractivity contribution >= 4 is 11.7 Å². The summed E-state index contributed by atoms with van der Waals surface area (Å²) >= 11 is 0. The van der Waals surface area contributed by atoms with Crippen LogP contribution in [0.25, 0.3) is 0 Å². The van der Waals surface area contributed by atoms with Crippen molar-refractivity contribution in [2.24, 2.45) is 5.73 Å². The minimum Gasteiger partial charge on any atom is -0.364 e. The third-order valence-electron chi connectivity index (χ3n) is 5.09. The van der Waals surface area contributed by atoms with Gasteiger partial charge in [-0.05, 0) is 24.0 Å². The number of piperidine rings is 1. The molecule has 0 unspecified atom stereocenters. The van der Waals surface area contributed by atoms with E-state index in [-0.39, 0.29) is 5.69 Å². The van der Waals surface area contributed by atoms with Gasteiger partial charge in [0.15, 0.2) is 0 Å². The van der Waals surface area contributed by atoms with Crippen LogP contribution in [0.3, 0.4) is 0 Å². The minimum absolute atomic E-state index is 0.202. The molecule has 0 saturated carbocycles. The monoisotopic (exact) mass is 362 g/mol. The van der Waals surface area contributed by atoms with Crippen LogP contribution in [0.5, 0.6) is 0 Å². The first kappa shape index (κ1) is 17.2. The number of H-pyrrole nitrogens is 1. The number of aromatic nitrogens is 4. The third-order valence-corrected chi connectivity index (χ3v) is 5.09. The summed E-state index contributed by atoms with van der Waals surface area (Å²) in [5.41, 5.74) is 9.29. The van der Waals surface area contributed by atoms with Gasteiger partial charge in [0.05, 0.1) is 18.6 Å². The average Bonchev–Trinajstić information content (AvgIpc) is 3.17. The number of primary amides is 1. The zero-order chi connectivity index (χ0) is 18.6. The number of hydrogen-bond donors (Lipinski definition) is 2. The van der Waals surface area contributed by atoms with E-state index >= 15 is 0 Å². The van der Waals surface area contributed by atoms with Gasteiger partial charge in [-0.2, -0.15) is 5.10 Å². The number of nitrogens with two attached hydrogens (primary N) is 1. The fraction of sp³-hybridized carbons (Fsp3) is 0.300. The van der Waals surface area contributed by atoms with E-state index in [1.807, 2.05) is 12.3 Å². The number of amides is 1. The highest BCUT2D eigenvalue weighted by atomic mass is 16.1. The maximum absolute atomic E-state index is 11.3. The predicted octanol–water partition coefficient (Wildman–Crippen LogP) is 2.27. The number of rotatable bonds is 5. The van der Waals surface area contributed by atoms with Crippen molar-refractivity contribution in [3.05, 3.63) is 71.4 Å². The quantitative estimate of drug-likeness (QED) is 0.725. The molecule has 3 aromatic rings. The Morgan fingerprint density at radius 1 is 1.15 bits per heavy atom. The Bertz CT molecular complexity index is 915. The zero-order valence-electron chi connectivity index (χ0n) is 15.0. The molecule has 1 saturated heterocycles. The second kappa shape index (κ2) is 7.57. The highest BCUT2D eigenvalue weighted by Gasteiger charge is 2.25. The largest absolute Gasteiger partial charge is 0.364 e. The molecule has 0 atom stereocenters. The van der Waals surface area contributed by atoms with Crippen molar-refractivity contribution in [2.45, 2.75) is 25.2 Å². The number of nitrogens with zero attached hydrogens (tertiary/aromatic N) is 4. The first-order valence-electron chi connectivity index (χ1n) is 9.13. The smallest absolute Gasteiger partial charge is 0.268 e. The van der Waals surface area contributed by atoms with E-state index in [2.05, 4.69) is 49.3 Å². The van der Waals surface area contributed by atoms with Crippen LogP contribution in [0, 0.1) is 0 Å². The predicted molar refractivity (Wildman–Crippen MR) is 103 cm³/mol. The number of aromatic amines is 1. The molecule has 0 aliphatic carbocycles. The molecule has 1 fully saturated rings. The number of nitrogens with one attached hydrogen (secondary N) is 1. The van der Waals surface area contributed by atoms with Gasteiger partial charge in [0.25, 0.3) is 5.91 Å². The standard InChI is InChI=1S/C20H22N6O/c21-20(27)17-12-22-13-18(24-17)26-8-6-15(7-9-26)19-16(11-23-25-19)10-14-4-2-1-3-5-14/h1-5,11-13,15H,6-10H2,(H2,21,27)(H,23,25). The van der Waals surface area contributed by atoms with Gasteiger partial charge in [0.2, 0.25) is 0 Å². The fourth-order valence-corrected chi connectivity index (χ4v) is 3.66. The fourth-order valence-electron chi connectivity index (χ4n) is 3.66. The van der Waals surface area contributed by atoms with Gasteiger partial charge >= 0.3 is 0 Å². The Morgan fingerprint density at radius 2 is 1.93 bits per heavy atom. The molecule has 1 aliphatic rings. The molecule has 7 heteroatoms. The molecule has 1 aliphatic heterocycles. The van der Waals surface area contributed by atoms with Crippen LogP contribution in [0.15, 0.2) is 48.9 Å². The van der Waals surface area contributed by atoms with Gasteiger partial charge in [-0.1, -0.05) is 30.3 Å². The SMILES string of the molecule is NC(=O)c1cncc(N2CCC(c3[nH]ncc3Cc3ccccc3)CC2)n1. The van der Waals surface area contributed by atoms with Gasteiger partial charge in [0, 0.05) is 31.1 Å². The number of hydrogen-bond acceptors (Lipinski definition) is 5. The Kier molecular flexibility index (Phi) is 4.82. The lowest BCUT2D eigenvalue weighted by molar-refractivity contribution is 0.0995. The molecule has 3 heterocycles. The van der Waals surface area contributed by atoms with Crippen molar-refractivity contribution in [3.8, 4) is 0 Å². The molecule has 7 nitrogen and oxygen atoms in total. The molecule has 138 valence electrons. The third kappa shape index (κ3) is 3.81. The van der Waals surface area contributed by atoms with E-state index in [1.165, 1.54) is 23.0 Å². The minimum atomic E-state index is -0.553. The lowest BCUT2D eigenvalue weighted by atomic mass is 9.90. The molecule has 0 radical (unpaired) electrons. The summed E-state index contributed by atoms with van der Waals surface area (Å²) in [6.07, 6.45) is 7.90. The maximum atomic E-state index is 11.3. The van der Waals surface area contributed by atoms with Crippen molar-refractivity contribution in [1.82, 2.24) is 20.2 Å². The van der Waals surface area contributed by atoms with Crippen LogP contribution in [0.4, 0.5) is 5.82 Å². The first-order chi connectivity index (χ1) is 13.2. The van der Waals surface area contributed by atoms with E-state index in [0.29, 0.717) is 11.7 Å². The normalized spacial score (nSPS) is 15.0. The van der Waals surface area contributed by atoms with Gasteiger partial charge in [-0.25, -0.2) is 4.98 Å². The van der Waals surface area contributed by atoms with E-state index in [4.69, 9.17) is 5.73 Å². The second-order valence-electron chi connectivity index (χ2n) is 6.86. The van der Waals surface area contributed by atoms with Gasteiger partial charge in [-0.15, -0.1) is 0 Å². The summed E-state index contributed by atoms with van der Waals surface area (Å²) in [7, 11) is 0. The van der Waals surface area contributed by atoms with Crippen LogP contribution in [-0.2, 0) is 6.42 Å². The summed E-state index contributed by atoms with van der Waals surface area (Å²) in [6, 6.07) is 10.4. The van der Waals surface area contributed by atoms with E-state index in [0.717, 1.165) is 32.4 Å². The number of benzene rings is 1. The number of carbonyl (C=O) groups excluding carboxylic acids is 1. The summed E-state index contributed by atoms with van der Waals surface area (Å²) in [4.78, 5) is 21.9. The molecule has 2 aromatic heterocycles. The van der Waals surface area contributed by atoms with Crippen molar-refractivity contribution in [2.75, 3.05) is 18.0 Å². The van der Waals surface area contributed by atoms with E-state index in [1.54, 1.807) is 6.20 Å². The molecule has 0 bridgehead atoms. The summed E-state index contributed by atoms with van der Waals surface area (Å²) in [5.74, 6) is 0.593.